The molecule has 1 atom stereocenters. The molecule has 1 aliphatic rings. The lowest BCUT2D eigenvalue weighted by molar-refractivity contribution is -0.157. The van der Waals surface area contributed by atoms with Gasteiger partial charge in [0.2, 0.25) is 0 Å². The Labute approximate surface area is 101 Å². The SMILES string of the molecule is CS(=O)(=O)CCCC1(C(=O)O)CCCCC1=O. The molecule has 1 N–H and O–H groups in total. The monoisotopic (exact) mass is 262 g/mol. The first-order chi connectivity index (χ1) is 7.78. The van der Waals surface area contributed by atoms with E-state index in [4.69, 9.17) is 0 Å². The standard InChI is InChI=1S/C11H18O5S/c1-17(15,16)8-4-7-11(10(13)14)6-3-2-5-9(11)12/h2-8H2,1H3,(H,13,14). The average molecular weight is 262 g/mol. The van der Waals surface area contributed by atoms with Crippen LogP contribution in [0.15, 0.2) is 0 Å². The number of carbonyl (C=O) groups excluding carboxylic acids is 1. The molecule has 0 amide bonds. The Hall–Kier alpha value is -0.910. The topological polar surface area (TPSA) is 88.5 Å². The van der Waals surface area contributed by atoms with Crippen LogP contribution in [0.5, 0.6) is 0 Å². The highest BCUT2D eigenvalue weighted by molar-refractivity contribution is 7.90. The van der Waals surface area contributed by atoms with Gasteiger partial charge in [-0.2, -0.15) is 0 Å². The Morgan fingerprint density at radius 1 is 1.41 bits per heavy atom. The molecule has 5 nitrogen and oxygen atoms in total. The van der Waals surface area contributed by atoms with Crippen molar-refractivity contribution in [2.24, 2.45) is 5.41 Å². The number of hydrogen-bond donors (Lipinski definition) is 1. The minimum Gasteiger partial charge on any atom is -0.480 e. The first-order valence-corrected chi connectivity index (χ1v) is 7.78. The maximum atomic E-state index is 11.8. The van der Waals surface area contributed by atoms with Gasteiger partial charge in [0.25, 0.3) is 0 Å². The quantitative estimate of drug-likeness (QED) is 0.747. The minimum absolute atomic E-state index is 0.0602. The molecule has 1 saturated carbocycles. The molecule has 6 heteroatoms. The first-order valence-electron chi connectivity index (χ1n) is 5.72. The molecule has 1 rings (SSSR count). The summed E-state index contributed by atoms with van der Waals surface area (Å²) in [5.74, 6) is -1.41. The third kappa shape index (κ3) is 3.52. The van der Waals surface area contributed by atoms with Crippen LogP contribution in [0.2, 0.25) is 0 Å². The number of hydrogen-bond acceptors (Lipinski definition) is 4. The molecule has 0 heterocycles. The van der Waals surface area contributed by atoms with Crippen LogP contribution in [0.1, 0.15) is 38.5 Å². The minimum atomic E-state index is -3.10. The zero-order valence-electron chi connectivity index (χ0n) is 9.94. The molecular formula is C11H18O5S. The number of carboxylic acids is 1. The molecule has 0 radical (unpaired) electrons. The fraction of sp³-hybridized carbons (Fsp3) is 0.818. The third-order valence-electron chi connectivity index (χ3n) is 3.32. The van der Waals surface area contributed by atoms with E-state index in [9.17, 15) is 23.1 Å². The molecule has 0 aliphatic heterocycles. The van der Waals surface area contributed by atoms with Gasteiger partial charge in [0.05, 0.1) is 0 Å². The Bertz CT molecular complexity index is 412. The Morgan fingerprint density at radius 3 is 2.53 bits per heavy atom. The van der Waals surface area contributed by atoms with Gasteiger partial charge in [0.15, 0.2) is 0 Å². The average Bonchev–Trinajstić information content (AvgIpc) is 2.18. The van der Waals surface area contributed by atoms with Gasteiger partial charge in [-0.15, -0.1) is 0 Å². The zero-order chi connectivity index (χ0) is 13.1. The lowest BCUT2D eigenvalue weighted by Gasteiger charge is -2.31. The highest BCUT2D eigenvalue weighted by Crippen LogP contribution is 2.37. The molecule has 17 heavy (non-hydrogen) atoms. The van der Waals surface area contributed by atoms with Crippen LogP contribution in [-0.4, -0.2) is 37.3 Å². The molecule has 0 aromatic carbocycles. The third-order valence-corrected chi connectivity index (χ3v) is 4.35. The number of ketones is 1. The van der Waals surface area contributed by atoms with Gasteiger partial charge in [0.1, 0.15) is 21.0 Å². The van der Waals surface area contributed by atoms with E-state index in [2.05, 4.69) is 0 Å². The Morgan fingerprint density at radius 2 is 2.06 bits per heavy atom. The summed E-state index contributed by atoms with van der Waals surface area (Å²) in [6.07, 6.45) is 3.57. The van der Waals surface area contributed by atoms with Gasteiger partial charge in [-0.25, -0.2) is 8.42 Å². The summed E-state index contributed by atoms with van der Waals surface area (Å²) < 4.78 is 22.0. The molecule has 0 saturated heterocycles. The van der Waals surface area contributed by atoms with Gasteiger partial charge in [0, 0.05) is 18.4 Å². The number of carbonyl (C=O) groups is 2. The van der Waals surface area contributed by atoms with Crippen molar-refractivity contribution in [3.05, 3.63) is 0 Å². The van der Waals surface area contributed by atoms with Crippen LogP contribution < -0.4 is 0 Å². The molecule has 1 fully saturated rings. The summed E-state index contributed by atoms with van der Waals surface area (Å²) in [5, 5.41) is 9.22. The fourth-order valence-electron chi connectivity index (χ4n) is 2.32. The van der Waals surface area contributed by atoms with Crippen molar-refractivity contribution in [1.82, 2.24) is 0 Å². The van der Waals surface area contributed by atoms with Crippen molar-refractivity contribution in [2.45, 2.75) is 38.5 Å². The van der Waals surface area contributed by atoms with Crippen molar-refractivity contribution in [2.75, 3.05) is 12.0 Å². The molecule has 0 bridgehead atoms. The van der Waals surface area contributed by atoms with Crippen LogP contribution in [0, 0.1) is 5.41 Å². The van der Waals surface area contributed by atoms with Gasteiger partial charge in [-0.05, 0) is 25.7 Å². The van der Waals surface area contributed by atoms with E-state index in [1.54, 1.807) is 0 Å². The van der Waals surface area contributed by atoms with Crippen molar-refractivity contribution in [3.8, 4) is 0 Å². The molecule has 98 valence electrons. The highest BCUT2D eigenvalue weighted by Gasteiger charge is 2.46. The second-order valence-electron chi connectivity index (χ2n) is 4.75. The summed E-state index contributed by atoms with van der Waals surface area (Å²) >= 11 is 0. The molecule has 1 unspecified atom stereocenters. The van der Waals surface area contributed by atoms with E-state index in [-0.39, 0.29) is 24.4 Å². The number of carboxylic acid groups (broad SMARTS) is 1. The summed E-state index contributed by atoms with van der Waals surface area (Å²) in [7, 11) is -3.10. The predicted molar refractivity (Wildman–Crippen MR) is 62.5 cm³/mol. The van der Waals surface area contributed by atoms with Gasteiger partial charge >= 0.3 is 5.97 Å². The van der Waals surface area contributed by atoms with Crippen LogP contribution >= 0.6 is 0 Å². The molecule has 0 spiro atoms. The van der Waals surface area contributed by atoms with Crippen molar-refractivity contribution >= 4 is 21.6 Å². The van der Waals surface area contributed by atoms with Crippen LogP contribution in [-0.2, 0) is 19.4 Å². The van der Waals surface area contributed by atoms with E-state index in [0.717, 1.165) is 19.1 Å². The maximum absolute atomic E-state index is 11.8. The first kappa shape index (κ1) is 14.2. The second-order valence-corrected chi connectivity index (χ2v) is 7.01. The van der Waals surface area contributed by atoms with Crippen LogP contribution in [0.25, 0.3) is 0 Å². The van der Waals surface area contributed by atoms with Crippen molar-refractivity contribution in [1.29, 1.82) is 0 Å². The van der Waals surface area contributed by atoms with E-state index in [0.29, 0.717) is 12.8 Å². The van der Waals surface area contributed by atoms with E-state index < -0.39 is 21.2 Å². The molecule has 0 aromatic rings. The number of rotatable bonds is 5. The summed E-state index contributed by atoms with van der Waals surface area (Å²) in [4.78, 5) is 23.1. The van der Waals surface area contributed by atoms with Gasteiger partial charge in [-0.3, -0.25) is 9.59 Å². The second kappa shape index (κ2) is 5.16. The van der Waals surface area contributed by atoms with Crippen LogP contribution in [0.3, 0.4) is 0 Å². The van der Waals surface area contributed by atoms with E-state index in [1.165, 1.54) is 0 Å². The lowest BCUT2D eigenvalue weighted by atomic mass is 9.70. The number of sulfone groups is 1. The van der Waals surface area contributed by atoms with Crippen LogP contribution in [0.4, 0.5) is 0 Å². The van der Waals surface area contributed by atoms with Crippen molar-refractivity contribution in [3.63, 3.8) is 0 Å². The molecule has 1 aliphatic carbocycles. The number of aliphatic carboxylic acids is 1. The largest absolute Gasteiger partial charge is 0.480 e. The van der Waals surface area contributed by atoms with Gasteiger partial charge < -0.3 is 5.11 Å². The Kier molecular flexibility index (Phi) is 4.30. The number of Topliss-reactive ketones (excluding diaryl/α,β-unsaturated/α-hetero) is 1. The van der Waals surface area contributed by atoms with E-state index >= 15 is 0 Å². The van der Waals surface area contributed by atoms with Gasteiger partial charge in [-0.1, -0.05) is 6.42 Å². The predicted octanol–water partition coefficient (Wildman–Crippen LogP) is 1.03. The smallest absolute Gasteiger partial charge is 0.317 e. The zero-order valence-corrected chi connectivity index (χ0v) is 10.8. The lowest BCUT2D eigenvalue weighted by Crippen LogP contribution is -2.41. The Balaban J connectivity index is 2.72. The summed E-state index contributed by atoms with van der Waals surface area (Å²) in [5.41, 5.74) is -1.33. The molecular weight excluding hydrogens is 244 g/mol. The molecule has 0 aromatic heterocycles. The summed E-state index contributed by atoms with van der Waals surface area (Å²) in [6.45, 7) is 0. The summed E-state index contributed by atoms with van der Waals surface area (Å²) in [6, 6.07) is 0. The normalized spacial score (nSPS) is 25.8. The fourth-order valence-corrected chi connectivity index (χ4v) is 2.99. The highest BCUT2D eigenvalue weighted by atomic mass is 32.2. The van der Waals surface area contributed by atoms with E-state index in [1.807, 2.05) is 0 Å². The maximum Gasteiger partial charge on any atom is 0.317 e. The van der Waals surface area contributed by atoms with Crippen molar-refractivity contribution < 1.29 is 23.1 Å².